The fraction of sp³-hybridized carbons (Fsp3) is 0. The topological polar surface area (TPSA) is 108 Å². The normalized spacial score (nSPS) is 11.3. The maximum absolute atomic E-state index is 4.97. The van der Waals surface area contributed by atoms with Crippen LogP contribution in [0.5, 0.6) is 0 Å². The van der Waals surface area contributed by atoms with Crippen LogP contribution in [0.2, 0.25) is 0 Å². The lowest BCUT2D eigenvalue weighted by atomic mass is 9.98. The third kappa shape index (κ3) is 11.0. The molecule has 10 heterocycles. The smallest absolute Gasteiger partial charge is 0.145 e. The number of nitrogens with one attached hydrogen (secondary N) is 1. The van der Waals surface area contributed by atoms with Crippen molar-refractivity contribution in [3.63, 3.8) is 0 Å². The molecule has 0 aliphatic carbocycles. The standard InChI is InChI=1S/C41H27N5.C23H15N5.C18H13Br/c1-3-10-28(11-4-1)31-24-32(29-12-5-2-6-13-29)26-34(25-31)46-38-19-16-30-20-23-45(40(30)39(38)35-14-9-22-43-41(35)46)33-17-18-37(44-27-33)36-15-7-8-21-42-36;1-2-11-24-18(5-1)19-9-7-16(14-26-19)28-13-10-15-6-8-20-21(22(15)28)17-4-3-12-25-23(17)27-20;19-18-12-16(14-7-3-1-4-8-14)11-17(13-18)15-9-5-2-6-10-15/h1-27H;1-14H,(H,25,27);1-13H. The van der Waals surface area contributed by atoms with Gasteiger partial charge in [-0.25, -0.2) is 9.97 Å². The van der Waals surface area contributed by atoms with Crippen LogP contribution in [-0.2, 0) is 0 Å². The molecule has 0 spiro atoms. The number of halogens is 1. The van der Waals surface area contributed by atoms with Crippen LogP contribution >= 0.6 is 15.9 Å². The minimum absolute atomic E-state index is 0.847. The molecule has 0 bridgehead atoms. The van der Waals surface area contributed by atoms with E-state index in [1.165, 1.54) is 44.2 Å². The molecule has 0 unspecified atom stereocenters. The molecule has 11 heteroatoms. The summed E-state index contributed by atoms with van der Waals surface area (Å²) in [6.45, 7) is 0. The van der Waals surface area contributed by atoms with Gasteiger partial charge < -0.3 is 14.1 Å². The zero-order chi connectivity index (χ0) is 62.0. The van der Waals surface area contributed by atoms with Crippen LogP contribution < -0.4 is 0 Å². The molecule has 18 rings (SSSR count). The summed E-state index contributed by atoms with van der Waals surface area (Å²) in [5.74, 6) is 0. The molecule has 440 valence electrons. The third-order valence-corrected chi connectivity index (χ3v) is 17.4. The predicted octanol–water partition coefficient (Wildman–Crippen LogP) is 20.8. The first-order valence-corrected chi connectivity index (χ1v) is 31.5. The largest absolute Gasteiger partial charge is 0.339 e. The van der Waals surface area contributed by atoms with E-state index in [1.807, 2.05) is 97.6 Å². The van der Waals surface area contributed by atoms with Crippen molar-refractivity contribution in [2.75, 3.05) is 0 Å². The van der Waals surface area contributed by atoms with Crippen molar-refractivity contribution in [1.82, 2.24) is 48.6 Å². The molecule has 8 aromatic carbocycles. The molecule has 1 N–H and O–H groups in total. The SMILES string of the molecule is Brc1cc(-c2ccccc2)cc(-c2ccccc2)c1.c1ccc(-c2cc(-c3ccccc3)cc(-n3c4ccc5ccn(-c6ccc(-c7ccccn7)nc6)c5c4c4cccnc43)c2)cc1.c1ccc(-c2ccc(-n3ccc4ccc5[nH]c6ncccc6c5c43)cn2)nc1. The van der Waals surface area contributed by atoms with Crippen LogP contribution in [-0.4, -0.2) is 48.6 Å². The highest BCUT2D eigenvalue weighted by Gasteiger charge is 2.21. The van der Waals surface area contributed by atoms with E-state index in [1.54, 1.807) is 12.4 Å². The minimum Gasteiger partial charge on any atom is -0.339 e. The van der Waals surface area contributed by atoms with Crippen LogP contribution in [0, 0.1) is 0 Å². The number of hydrogen-bond acceptors (Lipinski definition) is 6. The second-order valence-electron chi connectivity index (χ2n) is 22.6. The lowest BCUT2D eigenvalue weighted by Crippen LogP contribution is -1.97. The Kier molecular flexibility index (Phi) is 14.9. The lowest BCUT2D eigenvalue weighted by Gasteiger charge is -2.14. The van der Waals surface area contributed by atoms with Crippen molar-refractivity contribution in [2.45, 2.75) is 0 Å². The number of aromatic amines is 1. The van der Waals surface area contributed by atoms with Gasteiger partial charge in [-0.1, -0.05) is 162 Å². The molecule has 18 aromatic rings. The molecule has 0 saturated heterocycles. The molecule has 10 aromatic heterocycles. The van der Waals surface area contributed by atoms with E-state index in [-0.39, 0.29) is 0 Å². The fourth-order valence-electron chi connectivity index (χ4n) is 12.6. The van der Waals surface area contributed by atoms with E-state index in [9.17, 15) is 0 Å². The molecule has 10 nitrogen and oxygen atoms in total. The first-order valence-electron chi connectivity index (χ1n) is 30.7. The Labute approximate surface area is 544 Å². The highest BCUT2D eigenvalue weighted by Crippen LogP contribution is 2.41. The quantitative estimate of drug-likeness (QED) is 0.154. The number of benzene rings is 8. The van der Waals surface area contributed by atoms with Crippen LogP contribution in [0.1, 0.15) is 0 Å². The molecule has 0 amide bonds. The van der Waals surface area contributed by atoms with Gasteiger partial charge in [0, 0.05) is 85.2 Å². The average molecular weight is 1260 g/mol. The Morgan fingerprint density at radius 2 is 0.763 bits per heavy atom. The van der Waals surface area contributed by atoms with Gasteiger partial charge in [0.2, 0.25) is 0 Å². The molecule has 0 aliphatic rings. The van der Waals surface area contributed by atoms with E-state index in [0.29, 0.717) is 0 Å². The number of aromatic nitrogens is 10. The number of H-pyrrole nitrogens is 1. The van der Waals surface area contributed by atoms with Gasteiger partial charge >= 0.3 is 0 Å². The van der Waals surface area contributed by atoms with Crippen LogP contribution in [0.15, 0.2) is 333 Å². The lowest BCUT2D eigenvalue weighted by molar-refractivity contribution is 1.10. The van der Waals surface area contributed by atoms with E-state index in [4.69, 9.17) is 9.97 Å². The number of fused-ring (bicyclic) bond motifs is 10. The molecule has 0 aliphatic heterocycles. The summed E-state index contributed by atoms with van der Waals surface area (Å²) >= 11 is 3.61. The Morgan fingerprint density at radius 3 is 1.26 bits per heavy atom. The summed E-state index contributed by atoms with van der Waals surface area (Å²) in [7, 11) is 0. The van der Waals surface area contributed by atoms with Gasteiger partial charge in [0.1, 0.15) is 11.3 Å². The van der Waals surface area contributed by atoms with Crippen molar-refractivity contribution in [1.29, 1.82) is 0 Å². The maximum Gasteiger partial charge on any atom is 0.145 e. The van der Waals surface area contributed by atoms with Crippen LogP contribution in [0.4, 0.5) is 0 Å². The van der Waals surface area contributed by atoms with E-state index in [2.05, 4.69) is 273 Å². The molecular weight excluding hydrogens is 1200 g/mol. The van der Waals surface area contributed by atoms with Crippen molar-refractivity contribution in [3.05, 3.63) is 333 Å². The Hall–Kier alpha value is -12.2. The van der Waals surface area contributed by atoms with Crippen molar-refractivity contribution in [3.8, 4) is 84.3 Å². The second-order valence-corrected chi connectivity index (χ2v) is 23.5. The van der Waals surface area contributed by atoms with Gasteiger partial charge in [-0.15, -0.1) is 0 Å². The summed E-state index contributed by atoms with van der Waals surface area (Å²) in [6, 6.07) is 96.7. The fourth-order valence-corrected chi connectivity index (χ4v) is 13.1. The Bertz CT molecular complexity index is 5540. The van der Waals surface area contributed by atoms with Crippen LogP contribution in [0.3, 0.4) is 0 Å². The highest BCUT2D eigenvalue weighted by molar-refractivity contribution is 9.10. The van der Waals surface area contributed by atoms with Crippen LogP contribution in [0.25, 0.3) is 150 Å². The predicted molar refractivity (Wildman–Crippen MR) is 384 cm³/mol. The monoisotopic (exact) mass is 1260 g/mol. The minimum atomic E-state index is 0.847. The van der Waals surface area contributed by atoms with Crippen molar-refractivity contribution < 1.29 is 0 Å². The summed E-state index contributed by atoms with van der Waals surface area (Å²) < 4.78 is 7.84. The maximum atomic E-state index is 4.97. The average Bonchev–Trinajstić information content (AvgIpc) is 1.58. The molecule has 0 saturated carbocycles. The highest BCUT2D eigenvalue weighted by atomic mass is 79.9. The van der Waals surface area contributed by atoms with Gasteiger partial charge in [0.15, 0.2) is 0 Å². The molecule has 93 heavy (non-hydrogen) atoms. The van der Waals surface area contributed by atoms with Gasteiger partial charge in [0.05, 0.1) is 63.1 Å². The first kappa shape index (κ1) is 56.1. The van der Waals surface area contributed by atoms with E-state index in [0.717, 1.165) is 110 Å². The third-order valence-electron chi connectivity index (χ3n) is 16.9. The van der Waals surface area contributed by atoms with E-state index >= 15 is 0 Å². The Balaban J connectivity index is 0.000000123. The number of rotatable bonds is 9. The molecule has 0 fully saturated rings. The van der Waals surface area contributed by atoms with Gasteiger partial charge in [-0.3, -0.25) is 24.5 Å². The van der Waals surface area contributed by atoms with Gasteiger partial charge in [-0.05, 0) is 178 Å². The molecule has 0 radical (unpaired) electrons. The van der Waals surface area contributed by atoms with Crippen molar-refractivity contribution in [2.24, 2.45) is 0 Å². The second kappa shape index (κ2) is 24.7. The number of pyridine rings is 6. The van der Waals surface area contributed by atoms with E-state index < -0.39 is 0 Å². The molecular formula is C82H55BrN10. The summed E-state index contributed by atoms with van der Waals surface area (Å²) in [5.41, 5.74) is 22.4. The first-order chi connectivity index (χ1) is 46.0. The van der Waals surface area contributed by atoms with Crippen molar-refractivity contribution >= 4 is 81.6 Å². The van der Waals surface area contributed by atoms with Gasteiger partial charge in [0.25, 0.3) is 0 Å². The zero-order valence-corrected chi connectivity index (χ0v) is 51.7. The number of nitrogens with zero attached hydrogens (tertiary/aromatic N) is 9. The Morgan fingerprint density at radius 1 is 0.312 bits per heavy atom. The summed E-state index contributed by atoms with van der Waals surface area (Å²) in [6.07, 6.45) is 15.3. The summed E-state index contributed by atoms with van der Waals surface area (Å²) in [5, 5.41) is 6.91. The molecule has 0 atom stereocenters. The van der Waals surface area contributed by atoms with Gasteiger partial charge in [-0.2, -0.15) is 0 Å². The summed E-state index contributed by atoms with van der Waals surface area (Å²) in [4.78, 5) is 31.1. The zero-order valence-electron chi connectivity index (χ0n) is 50.1. The number of hydrogen-bond donors (Lipinski definition) is 1.